The normalized spacial score (nSPS) is 11.6. The number of aromatic nitrogens is 2. The number of nitrogens with one attached hydrogen (secondary N) is 1. The number of benzene rings is 4. The number of rotatable bonds is 7. The Labute approximate surface area is 210 Å². The number of hydrogen-bond acceptors (Lipinski definition) is 4. The number of aryl methyl sites for hydroxylation is 2. The smallest absolute Gasteiger partial charge is 0.161 e. The molecule has 0 atom stereocenters. The molecule has 5 rings (SSSR count). The number of nitrogens with zero attached hydrogens (tertiary/aromatic N) is 2. The second-order valence-corrected chi connectivity index (χ2v) is 8.82. The van der Waals surface area contributed by atoms with E-state index < -0.39 is 0 Å². The zero-order valence-corrected chi connectivity index (χ0v) is 20.6. The minimum Gasteiger partial charge on any atom is -0.490 e. The predicted molar refractivity (Wildman–Crippen MR) is 145 cm³/mol. The number of imidazole rings is 1. The first kappa shape index (κ1) is 23.2. The van der Waals surface area contributed by atoms with Gasteiger partial charge in [-0.3, -0.25) is 0 Å². The van der Waals surface area contributed by atoms with Crippen LogP contribution in [-0.2, 0) is 6.61 Å². The van der Waals surface area contributed by atoms with Crippen LogP contribution in [0.3, 0.4) is 0 Å². The highest BCUT2D eigenvalue weighted by atomic mass is 16.5. The van der Waals surface area contributed by atoms with Crippen LogP contribution in [0.4, 0.5) is 0 Å². The Morgan fingerprint density at radius 2 is 1.72 bits per heavy atom. The molecule has 178 valence electrons. The Bertz CT molecular complexity index is 1600. The van der Waals surface area contributed by atoms with Gasteiger partial charge in [0.1, 0.15) is 18.5 Å². The highest BCUT2D eigenvalue weighted by Crippen LogP contribution is 2.31. The van der Waals surface area contributed by atoms with E-state index in [0.29, 0.717) is 36.1 Å². The number of allylic oxidation sites excluding steroid dienone is 1. The Balaban J connectivity index is 1.40. The van der Waals surface area contributed by atoms with Crippen molar-refractivity contribution < 1.29 is 9.47 Å². The summed E-state index contributed by atoms with van der Waals surface area (Å²) in [7, 11) is 0. The van der Waals surface area contributed by atoms with Crippen molar-refractivity contribution in [3.63, 3.8) is 0 Å². The molecule has 1 heterocycles. The molecule has 4 aromatic carbocycles. The fourth-order valence-corrected chi connectivity index (χ4v) is 4.21. The van der Waals surface area contributed by atoms with Crippen molar-refractivity contribution in [3.8, 4) is 17.6 Å². The van der Waals surface area contributed by atoms with Crippen molar-refractivity contribution in [3.05, 3.63) is 101 Å². The monoisotopic (exact) mass is 473 g/mol. The van der Waals surface area contributed by atoms with Crippen LogP contribution in [0, 0.1) is 25.2 Å². The molecule has 0 saturated carbocycles. The molecule has 0 aliphatic heterocycles. The van der Waals surface area contributed by atoms with Gasteiger partial charge in [-0.2, -0.15) is 5.26 Å². The van der Waals surface area contributed by atoms with Gasteiger partial charge in [0.15, 0.2) is 11.5 Å². The van der Waals surface area contributed by atoms with Gasteiger partial charge in [0.25, 0.3) is 0 Å². The van der Waals surface area contributed by atoms with Gasteiger partial charge in [-0.1, -0.05) is 42.5 Å². The molecule has 5 nitrogen and oxygen atoms in total. The van der Waals surface area contributed by atoms with Crippen LogP contribution >= 0.6 is 0 Å². The molecular weight excluding hydrogens is 446 g/mol. The average molecular weight is 474 g/mol. The summed E-state index contributed by atoms with van der Waals surface area (Å²) in [5.74, 6) is 1.85. The summed E-state index contributed by atoms with van der Waals surface area (Å²) >= 11 is 0. The van der Waals surface area contributed by atoms with Gasteiger partial charge >= 0.3 is 0 Å². The molecule has 0 fully saturated rings. The van der Waals surface area contributed by atoms with Gasteiger partial charge in [-0.15, -0.1) is 0 Å². The quantitative estimate of drug-likeness (QED) is 0.250. The van der Waals surface area contributed by atoms with E-state index in [1.165, 1.54) is 21.9 Å². The molecule has 0 aliphatic rings. The standard InChI is InChI=1S/C31H27N3O2/c1-4-35-30-17-22(15-26(18-32)31-33-27-13-20(2)21(3)14-28(27)34-31)10-12-29(30)36-19-23-9-11-24-7-5-6-8-25(24)16-23/h5-17H,4,19H2,1-3H3,(H,33,34)/b26-15+. The molecule has 5 heteroatoms. The van der Waals surface area contributed by atoms with Crippen LogP contribution in [0.1, 0.15) is 35.0 Å². The molecule has 5 aromatic rings. The fourth-order valence-electron chi connectivity index (χ4n) is 4.21. The Morgan fingerprint density at radius 3 is 2.53 bits per heavy atom. The lowest BCUT2D eigenvalue weighted by molar-refractivity contribution is 0.269. The summed E-state index contributed by atoms with van der Waals surface area (Å²) < 4.78 is 12.0. The molecule has 0 spiro atoms. The summed E-state index contributed by atoms with van der Waals surface area (Å²) in [6.07, 6.45) is 1.81. The highest BCUT2D eigenvalue weighted by molar-refractivity contribution is 5.91. The second-order valence-electron chi connectivity index (χ2n) is 8.82. The van der Waals surface area contributed by atoms with Crippen molar-refractivity contribution in [2.24, 2.45) is 0 Å². The number of nitriles is 1. The van der Waals surface area contributed by atoms with Crippen molar-refractivity contribution in [2.75, 3.05) is 6.61 Å². The summed E-state index contributed by atoms with van der Waals surface area (Å²) in [5, 5.41) is 12.2. The molecular formula is C31H27N3O2. The molecule has 0 unspecified atom stereocenters. The number of hydrogen-bond donors (Lipinski definition) is 1. The topological polar surface area (TPSA) is 70.9 Å². The van der Waals surface area contributed by atoms with Gasteiger partial charge in [0.05, 0.1) is 23.2 Å². The van der Waals surface area contributed by atoms with Crippen LogP contribution in [0.5, 0.6) is 11.5 Å². The lowest BCUT2D eigenvalue weighted by atomic mass is 10.1. The van der Waals surface area contributed by atoms with Gasteiger partial charge in [-0.05, 0) is 90.2 Å². The van der Waals surface area contributed by atoms with Crippen LogP contribution in [-0.4, -0.2) is 16.6 Å². The molecule has 1 aromatic heterocycles. The van der Waals surface area contributed by atoms with Crippen molar-refractivity contribution in [2.45, 2.75) is 27.4 Å². The van der Waals surface area contributed by atoms with Crippen molar-refractivity contribution >= 4 is 33.5 Å². The summed E-state index contributed by atoms with van der Waals surface area (Å²) in [6, 6.07) is 26.7. The molecule has 0 radical (unpaired) electrons. The van der Waals surface area contributed by atoms with E-state index in [1.54, 1.807) is 0 Å². The molecule has 0 bridgehead atoms. The Kier molecular flexibility index (Phi) is 6.42. The molecule has 36 heavy (non-hydrogen) atoms. The predicted octanol–water partition coefficient (Wildman–Crippen LogP) is 7.37. The lowest BCUT2D eigenvalue weighted by Gasteiger charge is -2.13. The maximum absolute atomic E-state index is 9.85. The third-order valence-electron chi connectivity index (χ3n) is 6.26. The second kappa shape index (κ2) is 9.97. The number of fused-ring (bicyclic) bond motifs is 2. The number of H-pyrrole nitrogens is 1. The van der Waals surface area contributed by atoms with Crippen LogP contribution in [0.25, 0.3) is 33.5 Å². The van der Waals surface area contributed by atoms with Crippen LogP contribution in [0.2, 0.25) is 0 Å². The average Bonchev–Trinajstić information content (AvgIpc) is 3.29. The SMILES string of the molecule is CCOc1cc(/C=C(\C#N)c2nc3cc(C)c(C)cc3[nH]2)ccc1OCc1ccc2ccccc2c1. The van der Waals surface area contributed by atoms with Gasteiger partial charge in [0.2, 0.25) is 0 Å². The molecule has 0 aliphatic carbocycles. The zero-order chi connectivity index (χ0) is 25.1. The Morgan fingerprint density at radius 1 is 0.917 bits per heavy atom. The third kappa shape index (κ3) is 4.80. The first-order valence-electron chi connectivity index (χ1n) is 12.0. The molecule has 0 saturated heterocycles. The summed E-state index contributed by atoms with van der Waals surface area (Å²) in [5.41, 5.74) is 6.49. The highest BCUT2D eigenvalue weighted by Gasteiger charge is 2.11. The van der Waals surface area contributed by atoms with E-state index in [1.807, 2.05) is 49.4 Å². The maximum Gasteiger partial charge on any atom is 0.161 e. The largest absolute Gasteiger partial charge is 0.490 e. The van der Waals surface area contributed by atoms with Gasteiger partial charge in [-0.25, -0.2) is 4.98 Å². The minimum absolute atomic E-state index is 0.432. The maximum atomic E-state index is 9.85. The van der Waals surface area contributed by atoms with Crippen LogP contribution < -0.4 is 9.47 Å². The molecule has 1 N–H and O–H groups in total. The fraction of sp³-hybridized carbons (Fsp3) is 0.161. The number of ether oxygens (including phenoxy) is 2. The van der Waals surface area contributed by atoms with Crippen molar-refractivity contribution in [1.82, 2.24) is 9.97 Å². The Hall–Kier alpha value is -4.56. The van der Waals surface area contributed by atoms with E-state index >= 15 is 0 Å². The van der Waals surface area contributed by atoms with Gasteiger partial charge in [0, 0.05) is 0 Å². The van der Waals surface area contributed by atoms with Crippen molar-refractivity contribution in [1.29, 1.82) is 5.26 Å². The first-order chi connectivity index (χ1) is 17.5. The van der Waals surface area contributed by atoms with E-state index in [9.17, 15) is 5.26 Å². The zero-order valence-electron chi connectivity index (χ0n) is 20.6. The summed E-state index contributed by atoms with van der Waals surface area (Å²) in [6.45, 7) is 7.00. The van der Waals surface area contributed by atoms with E-state index in [4.69, 9.17) is 9.47 Å². The number of aromatic amines is 1. The summed E-state index contributed by atoms with van der Waals surface area (Å²) in [4.78, 5) is 7.92. The molecule has 0 amide bonds. The first-order valence-corrected chi connectivity index (χ1v) is 12.0. The van der Waals surface area contributed by atoms with Gasteiger partial charge < -0.3 is 14.5 Å². The van der Waals surface area contributed by atoms with Crippen LogP contribution in [0.15, 0.2) is 72.8 Å². The lowest BCUT2D eigenvalue weighted by Crippen LogP contribution is -2.00. The minimum atomic E-state index is 0.432. The van der Waals surface area contributed by atoms with E-state index in [0.717, 1.165) is 22.2 Å². The van der Waals surface area contributed by atoms with E-state index in [2.05, 4.69) is 66.3 Å². The van der Waals surface area contributed by atoms with E-state index in [-0.39, 0.29) is 0 Å². The third-order valence-corrected chi connectivity index (χ3v) is 6.26.